The first-order chi connectivity index (χ1) is 11.8. The first kappa shape index (κ1) is 18.1. The quantitative estimate of drug-likeness (QED) is 0.797. The van der Waals surface area contributed by atoms with E-state index in [1.165, 1.54) is 16.7 Å². The summed E-state index contributed by atoms with van der Waals surface area (Å²) in [6.07, 6.45) is 1.73. The molecule has 3 heteroatoms. The molecule has 3 nitrogen and oxygen atoms in total. The van der Waals surface area contributed by atoms with Gasteiger partial charge in [-0.05, 0) is 35.1 Å². The fourth-order valence-electron chi connectivity index (χ4n) is 2.99. The van der Waals surface area contributed by atoms with Gasteiger partial charge in [-0.15, -0.1) is 0 Å². The molecule has 0 N–H and O–H groups in total. The van der Waals surface area contributed by atoms with Crippen molar-refractivity contribution in [2.75, 3.05) is 6.54 Å². The number of carbonyl (C=O) groups is 1. The Labute approximate surface area is 145 Å². The highest BCUT2D eigenvalue weighted by atomic mass is 16.6. The molecule has 0 unspecified atom stereocenters. The summed E-state index contributed by atoms with van der Waals surface area (Å²) in [5, 5.41) is 0. The zero-order chi connectivity index (χ0) is 17.4. The van der Waals surface area contributed by atoms with E-state index >= 15 is 0 Å². The third-order valence-corrected chi connectivity index (χ3v) is 4.21. The number of hydrogen-bond donors (Lipinski definition) is 0. The summed E-state index contributed by atoms with van der Waals surface area (Å²) in [6.45, 7) is 7.89. The minimum Gasteiger partial charge on any atom is -0.445 e. The lowest BCUT2D eigenvalue weighted by atomic mass is 9.93. The molecule has 1 aliphatic heterocycles. The maximum absolute atomic E-state index is 12.2. The van der Waals surface area contributed by atoms with Crippen molar-refractivity contribution in [2.24, 2.45) is 0 Å². The van der Waals surface area contributed by atoms with Crippen LogP contribution in [-0.4, -0.2) is 17.5 Å². The Morgan fingerprint density at radius 2 is 1.83 bits per heavy atom. The SMILES string of the molecule is CC.CCc1cccc2c1CCN(C(=O)OCc1ccccc1)C2. The average molecular weight is 325 g/mol. The van der Waals surface area contributed by atoms with Crippen LogP contribution in [0.3, 0.4) is 0 Å². The molecular weight excluding hydrogens is 298 g/mol. The number of benzene rings is 2. The highest BCUT2D eigenvalue weighted by Gasteiger charge is 2.22. The summed E-state index contributed by atoms with van der Waals surface area (Å²) >= 11 is 0. The summed E-state index contributed by atoms with van der Waals surface area (Å²) < 4.78 is 5.43. The number of fused-ring (bicyclic) bond motifs is 1. The van der Waals surface area contributed by atoms with Crippen LogP contribution >= 0.6 is 0 Å². The van der Waals surface area contributed by atoms with Crippen LogP contribution in [0.2, 0.25) is 0 Å². The molecule has 3 rings (SSSR count). The van der Waals surface area contributed by atoms with Gasteiger partial charge in [0.15, 0.2) is 0 Å². The molecule has 2 aromatic rings. The van der Waals surface area contributed by atoms with Gasteiger partial charge in [0.2, 0.25) is 0 Å². The van der Waals surface area contributed by atoms with Gasteiger partial charge in [-0.1, -0.05) is 69.3 Å². The van der Waals surface area contributed by atoms with E-state index in [0.717, 1.165) is 24.9 Å². The predicted octanol–water partition coefficient (Wildman–Crippen LogP) is 4.97. The van der Waals surface area contributed by atoms with E-state index in [1.807, 2.05) is 44.2 Å². The van der Waals surface area contributed by atoms with Crippen LogP contribution in [-0.2, 0) is 30.7 Å². The second kappa shape index (κ2) is 9.11. The lowest BCUT2D eigenvalue weighted by molar-refractivity contribution is 0.0918. The van der Waals surface area contributed by atoms with Crippen LogP contribution in [0, 0.1) is 0 Å². The number of hydrogen-bond acceptors (Lipinski definition) is 2. The Morgan fingerprint density at radius 3 is 2.54 bits per heavy atom. The zero-order valence-corrected chi connectivity index (χ0v) is 14.9. The molecule has 0 saturated heterocycles. The van der Waals surface area contributed by atoms with Crippen molar-refractivity contribution in [2.45, 2.75) is 46.8 Å². The van der Waals surface area contributed by atoms with Crippen LogP contribution in [0.5, 0.6) is 0 Å². The zero-order valence-electron chi connectivity index (χ0n) is 14.9. The van der Waals surface area contributed by atoms with Crippen molar-refractivity contribution in [3.63, 3.8) is 0 Å². The summed E-state index contributed by atoms with van der Waals surface area (Å²) in [4.78, 5) is 14.0. The van der Waals surface area contributed by atoms with E-state index in [9.17, 15) is 4.79 Å². The number of aryl methyl sites for hydroxylation is 1. The maximum Gasteiger partial charge on any atom is 0.410 e. The van der Waals surface area contributed by atoms with E-state index in [1.54, 1.807) is 4.90 Å². The Morgan fingerprint density at radius 1 is 1.08 bits per heavy atom. The molecule has 1 heterocycles. The summed E-state index contributed by atoms with van der Waals surface area (Å²) in [6, 6.07) is 16.2. The Bertz CT molecular complexity index is 652. The van der Waals surface area contributed by atoms with Crippen LogP contribution in [0.1, 0.15) is 43.0 Å². The van der Waals surface area contributed by atoms with E-state index in [4.69, 9.17) is 4.74 Å². The van der Waals surface area contributed by atoms with E-state index in [-0.39, 0.29) is 6.09 Å². The fourth-order valence-corrected chi connectivity index (χ4v) is 2.99. The highest BCUT2D eigenvalue weighted by Crippen LogP contribution is 2.23. The van der Waals surface area contributed by atoms with E-state index < -0.39 is 0 Å². The van der Waals surface area contributed by atoms with Crippen molar-refractivity contribution >= 4 is 6.09 Å². The van der Waals surface area contributed by atoms with Gasteiger partial charge in [0.05, 0.1) is 0 Å². The van der Waals surface area contributed by atoms with Crippen molar-refractivity contribution in [1.82, 2.24) is 4.90 Å². The van der Waals surface area contributed by atoms with E-state index in [0.29, 0.717) is 13.2 Å². The molecule has 1 amide bonds. The molecule has 2 aromatic carbocycles. The number of ether oxygens (including phenoxy) is 1. The molecule has 0 radical (unpaired) electrons. The molecule has 0 fully saturated rings. The first-order valence-electron chi connectivity index (χ1n) is 8.83. The number of amides is 1. The second-order valence-corrected chi connectivity index (χ2v) is 5.62. The van der Waals surface area contributed by atoms with E-state index in [2.05, 4.69) is 25.1 Å². The van der Waals surface area contributed by atoms with Crippen molar-refractivity contribution in [1.29, 1.82) is 0 Å². The number of rotatable bonds is 3. The van der Waals surface area contributed by atoms with Crippen molar-refractivity contribution in [3.05, 3.63) is 70.8 Å². The first-order valence-corrected chi connectivity index (χ1v) is 8.83. The Kier molecular flexibility index (Phi) is 6.86. The third kappa shape index (κ3) is 4.38. The molecule has 0 spiro atoms. The summed E-state index contributed by atoms with van der Waals surface area (Å²) in [5.74, 6) is 0. The average Bonchev–Trinajstić information content (AvgIpc) is 2.67. The Hall–Kier alpha value is -2.29. The lowest BCUT2D eigenvalue weighted by Crippen LogP contribution is -2.36. The van der Waals surface area contributed by atoms with Crippen LogP contribution in [0.4, 0.5) is 4.79 Å². The molecule has 0 atom stereocenters. The number of carbonyl (C=O) groups excluding carboxylic acids is 1. The van der Waals surface area contributed by atoms with Gasteiger partial charge in [-0.2, -0.15) is 0 Å². The highest BCUT2D eigenvalue weighted by molar-refractivity contribution is 5.68. The molecule has 0 bridgehead atoms. The number of nitrogens with zero attached hydrogens (tertiary/aromatic N) is 1. The molecule has 128 valence electrons. The smallest absolute Gasteiger partial charge is 0.410 e. The monoisotopic (exact) mass is 325 g/mol. The van der Waals surface area contributed by atoms with Gasteiger partial charge in [0.25, 0.3) is 0 Å². The van der Waals surface area contributed by atoms with Crippen molar-refractivity contribution < 1.29 is 9.53 Å². The second-order valence-electron chi connectivity index (χ2n) is 5.62. The fraction of sp³-hybridized carbons (Fsp3) is 0.381. The Balaban J connectivity index is 0.00000100. The van der Waals surface area contributed by atoms with Gasteiger partial charge < -0.3 is 9.64 Å². The topological polar surface area (TPSA) is 29.5 Å². The predicted molar refractivity (Wildman–Crippen MR) is 97.9 cm³/mol. The van der Waals surface area contributed by atoms with Crippen LogP contribution in [0.15, 0.2) is 48.5 Å². The summed E-state index contributed by atoms with van der Waals surface area (Å²) in [5.41, 5.74) is 5.08. The maximum atomic E-state index is 12.2. The molecule has 0 aromatic heterocycles. The van der Waals surface area contributed by atoms with Crippen molar-refractivity contribution in [3.8, 4) is 0 Å². The van der Waals surface area contributed by atoms with Crippen LogP contribution < -0.4 is 0 Å². The minimum absolute atomic E-state index is 0.226. The molecule has 0 aliphatic carbocycles. The largest absolute Gasteiger partial charge is 0.445 e. The minimum atomic E-state index is -0.226. The van der Waals surface area contributed by atoms with Gasteiger partial charge in [0.1, 0.15) is 6.61 Å². The van der Waals surface area contributed by atoms with Gasteiger partial charge >= 0.3 is 6.09 Å². The van der Waals surface area contributed by atoms with Gasteiger partial charge in [0, 0.05) is 13.1 Å². The molecule has 1 aliphatic rings. The third-order valence-electron chi connectivity index (χ3n) is 4.21. The molecule has 0 saturated carbocycles. The summed E-state index contributed by atoms with van der Waals surface area (Å²) in [7, 11) is 0. The standard InChI is InChI=1S/C19H21NO2.C2H6/c1-2-16-9-6-10-17-13-20(12-11-18(16)17)19(21)22-14-15-7-4-3-5-8-15;1-2/h3-10H,2,11-14H2,1H3;1-2H3. The lowest BCUT2D eigenvalue weighted by Gasteiger charge is -2.29. The van der Waals surface area contributed by atoms with Crippen LogP contribution in [0.25, 0.3) is 0 Å². The van der Waals surface area contributed by atoms with Gasteiger partial charge in [-0.3, -0.25) is 0 Å². The normalized spacial score (nSPS) is 12.7. The molecule has 24 heavy (non-hydrogen) atoms. The van der Waals surface area contributed by atoms with Gasteiger partial charge in [-0.25, -0.2) is 4.79 Å². The molecular formula is C21H27NO2.